The molecule has 0 aliphatic rings. The highest BCUT2D eigenvalue weighted by molar-refractivity contribution is 6.30. The SMILES string of the molecule is CCOC(=O)/C=C/c1cc2ccc(-n3ccc(OCc4ccc(Cl)cn4)cc3=O)cc2n1C. The van der Waals surface area contributed by atoms with Crippen LogP contribution in [-0.2, 0) is 23.2 Å². The van der Waals surface area contributed by atoms with Gasteiger partial charge >= 0.3 is 5.97 Å². The fourth-order valence-corrected chi connectivity index (χ4v) is 3.52. The van der Waals surface area contributed by atoms with Gasteiger partial charge in [-0.05, 0) is 49.4 Å². The summed E-state index contributed by atoms with van der Waals surface area (Å²) in [7, 11) is 1.90. The summed E-state index contributed by atoms with van der Waals surface area (Å²) in [6.07, 6.45) is 6.35. The van der Waals surface area contributed by atoms with Crippen LogP contribution in [0.5, 0.6) is 5.75 Å². The summed E-state index contributed by atoms with van der Waals surface area (Å²) in [5.41, 5.74) is 3.00. The number of hydrogen-bond acceptors (Lipinski definition) is 5. The number of aryl methyl sites for hydroxylation is 1. The van der Waals surface area contributed by atoms with Gasteiger partial charge in [-0.1, -0.05) is 17.7 Å². The Labute approximate surface area is 195 Å². The molecule has 0 N–H and O–H groups in total. The second kappa shape index (κ2) is 9.75. The van der Waals surface area contributed by atoms with Crippen LogP contribution in [0.2, 0.25) is 5.02 Å². The van der Waals surface area contributed by atoms with Crippen LogP contribution in [0.3, 0.4) is 0 Å². The third kappa shape index (κ3) is 5.15. The van der Waals surface area contributed by atoms with Crippen LogP contribution < -0.4 is 10.3 Å². The summed E-state index contributed by atoms with van der Waals surface area (Å²) >= 11 is 5.84. The van der Waals surface area contributed by atoms with Gasteiger partial charge in [-0.25, -0.2) is 4.79 Å². The van der Waals surface area contributed by atoms with Crippen molar-refractivity contribution in [2.45, 2.75) is 13.5 Å². The molecule has 1 aromatic carbocycles. The first-order valence-corrected chi connectivity index (χ1v) is 10.7. The van der Waals surface area contributed by atoms with Gasteiger partial charge in [0.15, 0.2) is 0 Å². The topological polar surface area (TPSA) is 75.3 Å². The Balaban J connectivity index is 1.55. The molecule has 0 bridgehead atoms. The quantitative estimate of drug-likeness (QED) is 0.297. The number of nitrogens with zero attached hydrogens (tertiary/aromatic N) is 3. The van der Waals surface area contributed by atoms with Crippen LogP contribution >= 0.6 is 11.6 Å². The molecule has 0 radical (unpaired) electrons. The highest BCUT2D eigenvalue weighted by Crippen LogP contribution is 2.23. The van der Waals surface area contributed by atoms with Crippen LogP contribution in [0, 0.1) is 0 Å². The van der Waals surface area contributed by atoms with Crippen LogP contribution in [0.15, 0.2) is 71.8 Å². The molecule has 0 atom stereocenters. The van der Waals surface area contributed by atoms with Gasteiger partial charge in [0.05, 0.1) is 28.5 Å². The second-order valence-corrected chi connectivity index (χ2v) is 7.72. The van der Waals surface area contributed by atoms with Crippen LogP contribution in [0.25, 0.3) is 22.7 Å². The van der Waals surface area contributed by atoms with Crippen LogP contribution in [0.1, 0.15) is 18.3 Å². The van der Waals surface area contributed by atoms with Gasteiger partial charge in [0.2, 0.25) is 0 Å². The summed E-state index contributed by atoms with van der Waals surface area (Å²) in [6.45, 7) is 2.33. The standard InChI is InChI=1S/C25H22ClN3O4/c1-3-32-25(31)9-8-20-12-17-4-7-21(13-23(17)28(20)2)29-11-10-22(14-24(29)30)33-16-19-6-5-18(26)15-27-19/h4-15H,3,16H2,1-2H3/b9-8+. The number of aromatic nitrogens is 3. The molecule has 0 amide bonds. The van der Waals surface area contributed by atoms with Gasteiger partial charge in [0, 0.05) is 42.7 Å². The van der Waals surface area contributed by atoms with Crippen molar-refractivity contribution in [3.63, 3.8) is 0 Å². The van der Waals surface area contributed by atoms with Crippen molar-refractivity contribution in [3.8, 4) is 11.4 Å². The lowest BCUT2D eigenvalue weighted by atomic mass is 10.2. The first-order valence-electron chi connectivity index (χ1n) is 10.3. The lowest BCUT2D eigenvalue weighted by Gasteiger charge is -2.09. The zero-order valence-corrected chi connectivity index (χ0v) is 19.0. The van der Waals surface area contributed by atoms with E-state index in [1.54, 1.807) is 48.2 Å². The molecule has 0 fully saturated rings. The fraction of sp³-hybridized carbons (Fsp3) is 0.160. The Morgan fingerprint density at radius 1 is 1.15 bits per heavy atom. The molecule has 33 heavy (non-hydrogen) atoms. The molecule has 3 aromatic heterocycles. The van der Waals surface area contributed by atoms with Gasteiger partial charge in [0.1, 0.15) is 12.4 Å². The Morgan fingerprint density at radius 2 is 2.00 bits per heavy atom. The molecule has 4 aromatic rings. The third-order valence-electron chi connectivity index (χ3n) is 5.09. The normalized spacial score (nSPS) is 11.2. The monoisotopic (exact) mass is 463 g/mol. The molecule has 0 aliphatic carbocycles. The second-order valence-electron chi connectivity index (χ2n) is 7.28. The summed E-state index contributed by atoms with van der Waals surface area (Å²) in [4.78, 5) is 28.5. The Hall–Kier alpha value is -3.84. The smallest absolute Gasteiger partial charge is 0.330 e. The van der Waals surface area contributed by atoms with Crippen molar-refractivity contribution in [2.24, 2.45) is 7.05 Å². The van der Waals surface area contributed by atoms with E-state index in [-0.39, 0.29) is 18.1 Å². The van der Waals surface area contributed by atoms with E-state index in [4.69, 9.17) is 21.1 Å². The number of esters is 1. The first kappa shape index (κ1) is 22.4. The van der Waals surface area contributed by atoms with E-state index in [1.165, 1.54) is 12.1 Å². The molecule has 7 nitrogen and oxygen atoms in total. The van der Waals surface area contributed by atoms with Crippen molar-refractivity contribution >= 4 is 34.5 Å². The summed E-state index contributed by atoms with van der Waals surface area (Å²) < 4.78 is 14.1. The number of rotatable bonds is 7. The average Bonchev–Trinajstić information content (AvgIpc) is 3.12. The molecule has 0 aliphatic heterocycles. The number of pyridine rings is 2. The number of ether oxygens (including phenoxy) is 2. The van der Waals surface area contributed by atoms with Crippen molar-refractivity contribution in [1.82, 2.24) is 14.1 Å². The van der Waals surface area contributed by atoms with Crippen LogP contribution in [-0.4, -0.2) is 26.7 Å². The fourth-order valence-electron chi connectivity index (χ4n) is 3.41. The molecular weight excluding hydrogens is 442 g/mol. The number of carbonyl (C=O) groups is 1. The van der Waals surface area contributed by atoms with Gasteiger partial charge in [-0.2, -0.15) is 0 Å². The van der Waals surface area contributed by atoms with E-state index in [2.05, 4.69) is 4.98 Å². The zero-order chi connectivity index (χ0) is 23.4. The number of benzene rings is 1. The molecule has 0 saturated heterocycles. The van der Waals surface area contributed by atoms with E-state index in [0.29, 0.717) is 23.1 Å². The predicted octanol–water partition coefficient (Wildman–Crippen LogP) is 4.53. The van der Waals surface area contributed by atoms with Gasteiger partial charge in [-0.3, -0.25) is 14.3 Å². The largest absolute Gasteiger partial charge is 0.487 e. The molecule has 0 unspecified atom stereocenters. The number of hydrogen-bond donors (Lipinski definition) is 0. The molecule has 0 spiro atoms. The summed E-state index contributed by atoms with van der Waals surface area (Å²) in [5, 5.41) is 1.55. The highest BCUT2D eigenvalue weighted by atomic mass is 35.5. The maximum Gasteiger partial charge on any atom is 0.330 e. The Bertz CT molecular complexity index is 1390. The Morgan fingerprint density at radius 3 is 2.73 bits per heavy atom. The molecule has 8 heteroatoms. The minimum atomic E-state index is -0.385. The van der Waals surface area contributed by atoms with E-state index in [1.807, 2.05) is 35.9 Å². The lowest BCUT2D eigenvalue weighted by molar-refractivity contribution is -0.137. The maximum atomic E-state index is 12.7. The van der Waals surface area contributed by atoms with E-state index < -0.39 is 0 Å². The first-order chi connectivity index (χ1) is 15.9. The molecule has 168 valence electrons. The minimum Gasteiger partial charge on any atom is -0.487 e. The van der Waals surface area contributed by atoms with Gasteiger partial charge in [-0.15, -0.1) is 0 Å². The third-order valence-corrected chi connectivity index (χ3v) is 5.31. The molecule has 3 heterocycles. The lowest BCUT2D eigenvalue weighted by Crippen LogP contribution is -2.16. The molecule has 4 rings (SSSR count). The maximum absolute atomic E-state index is 12.7. The van der Waals surface area contributed by atoms with E-state index >= 15 is 0 Å². The number of carbonyl (C=O) groups excluding carboxylic acids is 1. The van der Waals surface area contributed by atoms with Gasteiger partial charge < -0.3 is 14.0 Å². The number of halogens is 1. The zero-order valence-electron chi connectivity index (χ0n) is 18.2. The van der Waals surface area contributed by atoms with Crippen molar-refractivity contribution in [3.05, 3.63) is 93.8 Å². The Kier molecular flexibility index (Phi) is 6.60. The van der Waals surface area contributed by atoms with E-state index in [9.17, 15) is 9.59 Å². The highest BCUT2D eigenvalue weighted by Gasteiger charge is 2.08. The van der Waals surface area contributed by atoms with Crippen molar-refractivity contribution in [1.29, 1.82) is 0 Å². The average molecular weight is 464 g/mol. The number of fused-ring (bicyclic) bond motifs is 1. The van der Waals surface area contributed by atoms with Crippen molar-refractivity contribution in [2.75, 3.05) is 6.61 Å². The van der Waals surface area contributed by atoms with Crippen molar-refractivity contribution < 1.29 is 14.3 Å². The predicted molar refractivity (Wildman–Crippen MR) is 128 cm³/mol. The minimum absolute atomic E-state index is 0.215. The molecular formula is C25H22ClN3O4. The van der Waals surface area contributed by atoms with Gasteiger partial charge in [0.25, 0.3) is 5.56 Å². The summed E-state index contributed by atoms with van der Waals surface area (Å²) in [5.74, 6) is 0.0727. The molecule has 0 saturated carbocycles. The summed E-state index contributed by atoms with van der Waals surface area (Å²) in [6, 6.07) is 14.4. The van der Waals surface area contributed by atoms with E-state index in [0.717, 1.165) is 22.3 Å². The van der Waals surface area contributed by atoms with Crippen LogP contribution in [0.4, 0.5) is 0 Å².